The van der Waals surface area contributed by atoms with E-state index in [9.17, 15) is 4.79 Å². The molecule has 1 aliphatic carbocycles. The van der Waals surface area contributed by atoms with Crippen LogP contribution in [0.4, 0.5) is 5.69 Å². The zero-order valence-corrected chi connectivity index (χ0v) is 14.8. The van der Waals surface area contributed by atoms with Gasteiger partial charge in [0, 0.05) is 10.7 Å². The van der Waals surface area contributed by atoms with E-state index in [2.05, 4.69) is 11.4 Å². The highest BCUT2D eigenvalue weighted by atomic mass is 35.5. The Bertz CT molecular complexity index is 757. The fourth-order valence-corrected chi connectivity index (χ4v) is 3.25. The van der Waals surface area contributed by atoms with Crippen LogP contribution >= 0.6 is 11.6 Å². The maximum Gasteiger partial charge on any atom is 0.265 e. The molecule has 0 saturated carbocycles. The second kappa shape index (κ2) is 7.27. The van der Waals surface area contributed by atoms with Crippen LogP contribution in [-0.4, -0.2) is 12.0 Å². The number of benzene rings is 2. The van der Waals surface area contributed by atoms with Crippen molar-refractivity contribution in [2.45, 2.75) is 45.6 Å². The molecule has 0 unspecified atom stereocenters. The van der Waals surface area contributed by atoms with Gasteiger partial charge < -0.3 is 10.1 Å². The maximum absolute atomic E-state index is 12.5. The van der Waals surface area contributed by atoms with Crippen LogP contribution in [0.3, 0.4) is 0 Å². The van der Waals surface area contributed by atoms with Crippen molar-refractivity contribution in [1.29, 1.82) is 0 Å². The molecule has 3 rings (SSSR count). The van der Waals surface area contributed by atoms with Gasteiger partial charge in [-0.05, 0) is 74.4 Å². The normalized spacial score (nSPS) is 14.6. The first-order valence-corrected chi connectivity index (χ1v) is 8.77. The summed E-state index contributed by atoms with van der Waals surface area (Å²) in [6, 6.07) is 11.6. The number of carbonyl (C=O) groups excluding carboxylic acids is 1. The van der Waals surface area contributed by atoms with Crippen LogP contribution in [0.15, 0.2) is 36.4 Å². The van der Waals surface area contributed by atoms with Crippen LogP contribution < -0.4 is 10.1 Å². The third-order valence-electron chi connectivity index (χ3n) is 4.55. The lowest BCUT2D eigenvalue weighted by Gasteiger charge is -2.22. The van der Waals surface area contributed by atoms with E-state index in [0.717, 1.165) is 29.8 Å². The fourth-order valence-electron chi connectivity index (χ4n) is 3.08. The quantitative estimate of drug-likeness (QED) is 0.854. The number of nitrogens with one attached hydrogen (secondary N) is 1. The summed E-state index contributed by atoms with van der Waals surface area (Å²) < 4.78 is 5.97. The van der Waals surface area contributed by atoms with Crippen LogP contribution in [0.25, 0.3) is 0 Å². The molecular formula is C20H22ClNO2. The number of carbonyl (C=O) groups is 1. The summed E-state index contributed by atoms with van der Waals surface area (Å²) in [5.74, 6) is 0.659. The Morgan fingerprint density at radius 2 is 1.92 bits per heavy atom. The van der Waals surface area contributed by atoms with Crippen LogP contribution in [-0.2, 0) is 17.6 Å². The highest BCUT2D eigenvalue weighted by Gasteiger charge is 2.20. The Morgan fingerprint density at radius 1 is 1.17 bits per heavy atom. The molecule has 0 aromatic heterocycles. The van der Waals surface area contributed by atoms with E-state index in [1.54, 1.807) is 6.92 Å². The molecule has 0 bridgehead atoms. The molecule has 1 N–H and O–H groups in total. The first kappa shape index (κ1) is 16.8. The van der Waals surface area contributed by atoms with Crippen molar-refractivity contribution >= 4 is 23.2 Å². The summed E-state index contributed by atoms with van der Waals surface area (Å²) in [7, 11) is 0. The molecule has 0 heterocycles. The molecule has 24 heavy (non-hydrogen) atoms. The second-order valence-corrected chi connectivity index (χ2v) is 6.67. The van der Waals surface area contributed by atoms with Crippen molar-refractivity contribution in [3.63, 3.8) is 0 Å². The van der Waals surface area contributed by atoms with E-state index in [-0.39, 0.29) is 5.91 Å². The van der Waals surface area contributed by atoms with E-state index < -0.39 is 6.10 Å². The molecule has 0 saturated heterocycles. The lowest BCUT2D eigenvalue weighted by molar-refractivity contribution is -0.122. The molecule has 126 valence electrons. The van der Waals surface area contributed by atoms with Crippen molar-refractivity contribution in [3.05, 3.63) is 58.1 Å². The Morgan fingerprint density at radius 3 is 2.75 bits per heavy atom. The minimum absolute atomic E-state index is 0.172. The molecule has 3 nitrogen and oxygen atoms in total. The maximum atomic E-state index is 12.5. The molecular weight excluding hydrogens is 322 g/mol. The smallest absolute Gasteiger partial charge is 0.265 e. The van der Waals surface area contributed by atoms with Crippen molar-refractivity contribution in [1.82, 2.24) is 0 Å². The summed E-state index contributed by atoms with van der Waals surface area (Å²) in [5, 5.41) is 3.54. The Balaban J connectivity index is 1.72. The molecule has 1 amide bonds. The van der Waals surface area contributed by atoms with Gasteiger partial charge in [0.1, 0.15) is 5.75 Å². The number of ether oxygens (including phenoxy) is 1. The van der Waals surface area contributed by atoms with Crippen LogP contribution in [0.1, 0.15) is 36.5 Å². The van der Waals surface area contributed by atoms with E-state index in [0.29, 0.717) is 5.02 Å². The number of halogens is 1. The monoisotopic (exact) mass is 343 g/mol. The van der Waals surface area contributed by atoms with Crippen LogP contribution in [0.2, 0.25) is 5.02 Å². The molecule has 2 aromatic carbocycles. The summed E-state index contributed by atoms with van der Waals surface area (Å²) in [5.41, 5.74) is 4.18. The highest BCUT2D eigenvalue weighted by molar-refractivity contribution is 6.31. The fraction of sp³-hybridized carbons (Fsp3) is 0.350. The molecule has 0 fully saturated rings. The van der Waals surface area contributed by atoms with Gasteiger partial charge in [0.25, 0.3) is 5.91 Å². The average Bonchev–Trinajstić information content (AvgIpc) is 2.59. The molecule has 0 aliphatic heterocycles. The molecule has 4 heteroatoms. The lowest BCUT2D eigenvalue weighted by atomic mass is 9.91. The number of anilines is 1. The number of fused-ring (bicyclic) bond motifs is 1. The Hall–Kier alpha value is -2.00. The van der Waals surface area contributed by atoms with Crippen molar-refractivity contribution < 1.29 is 9.53 Å². The Kier molecular flexibility index (Phi) is 5.10. The Labute approximate surface area is 148 Å². The second-order valence-electron chi connectivity index (χ2n) is 6.26. The van der Waals surface area contributed by atoms with Crippen molar-refractivity contribution in [3.8, 4) is 5.75 Å². The third-order valence-corrected chi connectivity index (χ3v) is 4.96. The zero-order chi connectivity index (χ0) is 17.1. The summed E-state index contributed by atoms with van der Waals surface area (Å²) in [6.45, 7) is 3.66. The van der Waals surface area contributed by atoms with Gasteiger partial charge in [0.05, 0.1) is 0 Å². The van der Waals surface area contributed by atoms with E-state index in [1.807, 2.05) is 37.3 Å². The van der Waals surface area contributed by atoms with Crippen LogP contribution in [0, 0.1) is 6.92 Å². The van der Waals surface area contributed by atoms with Gasteiger partial charge in [0.15, 0.2) is 6.10 Å². The number of hydrogen-bond acceptors (Lipinski definition) is 2. The number of hydrogen-bond donors (Lipinski definition) is 1. The van der Waals surface area contributed by atoms with Gasteiger partial charge in [-0.25, -0.2) is 0 Å². The van der Waals surface area contributed by atoms with Crippen molar-refractivity contribution in [2.24, 2.45) is 0 Å². The number of aryl methyl sites for hydroxylation is 1. The summed E-state index contributed by atoms with van der Waals surface area (Å²) in [4.78, 5) is 12.5. The van der Waals surface area contributed by atoms with E-state index in [1.165, 1.54) is 24.0 Å². The molecule has 1 atom stereocenters. The molecule has 2 aromatic rings. The highest BCUT2D eigenvalue weighted by Crippen LogP contribution is 2.30. The molecule has 0 radical (unpaired) electrons. The topological polar surface area (TPSA) is 38.3 Å². The number of rotatable bonds is 4. The van der Waals surface area contributed by atoms with Gasteiger partial charge in [-0.3, -0.25) is 4.79 Å². The zero-order valence-electron chi connectivity index (χ0n) is 14.1. The van der Waals surface area contributed by atoms with E-state index >= 15 is 0 Å². The summed E-state index contributed by atoms with van der Waals surface area (Å²) >= 11 is 6.10. The lowest BCUT2D eigenvalue weighted by Crippen LogP contribution is -2.30. The largest absolute Gasteiger partial charge is 0.481 e. The van der Waals surface area contributed by atoms with Gasteiger partial charge in [-0.1, -0.05) is 29.8 Å². The minimum atomic E-state index is -0.572. The average molecular weight is 344 g/mol. The van der Waals surface area contributed by atoms with Gasteiger partial charge >= 0.3 is 0 Å². The number of amides is 1. The predicted octanol–water partition coefficient (Wildman–Crippen LogP) is 4.93. The molecule has 1 aliphatic rings. The van der Waals surface area contributed by atoms with Gasteiger partial charge in [-0.2, -0.15) is 0 Å². The van der Waals surface area contributed by atoms with Crippen molar-refractivity contribution in [2.75, 3.05) is 5.32 Å². The van der Waals surface area contributed by atoms with Crippen LogP contribution in [0.5, 0.6) is 5.75 Å². The minimum Gasteiger partial charge on any atom is -0.481 e. The standard InChI is InChI=1S/C20H22ClNO2/c1-13-17(21)10-6-11-18(13)22-20(23)14(2)24-19-12-5-8-15-7-3-4-9-16(15)19/h5-6,8,10-12,14H,3-4,7,9H2,1-2H3,(H,22,23)/t14-/m1/s1. The summed E-state index contributed by atoms with van der Waals surface area (Å²) in [6.07, 6.45) is 3.94. The molecule has 0 spiro atoms. The van der Waals surface area contributed by atoms with E-state index in [4.69, 9.17) is 16.3 Å². The predicted molar refractivity (Wildman–Crippen MR) is 98.0 cm³/mol. The third kappa shape index (κ3) is 3.57. The SMILES string of the molecule is Cc1c(Cl)cccc1NC(=O)[C@@H](C)Oc1cccc2c1CCCC2. The first-order valence-electron chi connectivity index (χ1n) is 8.39. The first-order chi connectivity index (χ1) is 11.6. The van der Waals surface area contributed by atoms with Gasteiger partial charge in [0.2, 0.25) is 0 Å². The van der Waals surface area contributed by atoms with Gasteiger partial charge in [-0.15, -0.1) is 0 Å².